The van der Waals surface area contributed by atoms with E-state index in [9.17, 15) is 0 Å². The quantitative estimate of drug-likeness (QED) is 0.574. The fraction of sp³-hybridized carbons (Fsp3) is 0.111. The molecule has 0 aromatic rings. The lowest BCUT2D eigenvalue weighted by Crippen LogP contribution is -1.80. The fourth-order valence-corrected chi connectivity index (χ4v) is 0.744. The van der Waals surface area contributed by atoms with Gasteiger partial charge < -0.3 is 9.47 Å². The van der Waals surface area contributed by atoms with Crippen LogP contribution in [0, 0.1) is 0 Å². The van der Waals surface area contributed by atoms with Gasteiger partial charge >= 0.3 is 0 Å². The Hall–Kier alpha value is -1.44. The molecule has 0 atom stereocenters. The molecule has 2 nitrogen and oxygen atoms in total. The largest absolute Gasteiger partial charge is 0.454 e. The molecule has 0 saturated carbocycles. The molecule has 0 spiro atoms. The number of ether oxygens (including phenoxy) is 2. The number of hydrogen-bond donors (Lipinski definition) is 0. The zero-order valence-corrected chi connectivity index (χ0v) is 6.25. The third-order valence-corrected chi connectivity index (χ3v) is 1.24. The molecule has 1 rings (SSSR count). The van der Waals surface area contributed by atoms with Crippen molar-refractivity contribution in [3.05, 3.63) is 49.0 Å². The Bertz CT molecular complexity index is 224. The van der Waals surface area contributed by atoms with Crippen molar-refractivity contribution in [1.29, 1.82) is 0 Å². The van der Waals surface area contributed by atoms with E-state index in [1.165, 1.54) is 0 Å². The SMILES string of the molecule is C=C/C=C\C1=C(C=C)OCO1. The fourth-order valence-electron chi connectivity index (χ4n) is 0.744. The van der Waals surface area contributed by atoms with E-state index in [2.05, 4.69) is 13.2 Å². The molecular weight excluding hydrogens is 140 g/mol. The Labute approximate surface area is 66.1 Å². The van der Waals surface area contributed by atoms with Crippen molar-refractivity contribution in [3.8, 4) is 0 Å². The van der Waals surface area contributed by atoms with E-state index >= 15 is 0 Å². The van der Waals surface area contributed by atoms with Gasteiger partial charge in [0.2, 0.25) is 6.79 Å². The van der Waals surface area contributed by atoms with E-state index < -0.39 is 0 Å². The summed E-state index contributed by atoms with van der Waals surface area (Å²) in [6.07, 6.45) is 6.87. The average Bonchev–Trinajstić information content (AvgIpc) is 2.47. The van der Waals surface area contributed by atoms with Gasteiger partial charge in [0.05, 0.1) is 0 Å². The van der Waals surface area contributed by atoms with E-state index in [-0.39, 0.29) is 6.79 Å². The van der Waals surface area contributed by atoms with Gasteiger partial charge in [0.15, 0.2) is 11.5 Å². The van der Waals surface area contributed by atoms with Crippen LogP contribution in [0.5, 0.6) is 0 Å². The minimum atomic E-state index is 0.276. The third kappa shape index (κ3) is 1.74. The predicted molar refractivity (Wildman–Crippen MR) is 43.6 cm³/mol. The molecule has 1 heterocycles. The van der Waals surface area contributed by atoms with Crippen LogP contribution in [-0.2, 0) is 9.47 Å². The van der Waals surface area contributed by atoms with Crippen molar-refractivity contribution >= 4 is 0 Å². The lowest BCUT2D eigenvalue weighted by atomic mass is 10.3. The second kappa shape index (κ2) is 3.66. The van der Waals surface area contributed by atoms with E-state index in [0.717, 1.165) is 0 Å². The molecule has 2 heteroatoms. The Morgan fingerprint density at radius 1 is 1.18 bits per heavy atom. The third-order valence-electron chi connectivity index (χ3n) is 1.24. The van der Waals surface area contributed by atoms with Crippen molar-refractivity contribution in [2.24, 2.45) is 0 Å². The van der Waals surface area contributed by atoms with Crippen LogP contribution in [0.25, 0.3) is 0 Å². The van der Waals surface area contributed by atoms with Crippen LogP contribution >= 0.6 is 0 Å². The van der Waals surface area contributed by atoms with Crippen molar-refractivity contribution in [2.75, 3.05) is 6.79 Å². The van der Waals surface area contributed by atoms with E-state index in [0.29, 0.717) is 11.5 Å². The molecule has 58 valence electrons. The summed E-state index contributed by atoms with van der Waals surface area (Å²) in [5.41, 5.74) is 0. The van der Waals surface area contributed by atoms with Gasteiger partial charge in [-0.25, -0.2) is 0 Å². The Balaban J connectivity index is 2.74. The van der Waals surface area contributed by atoms with Crippen LogP contribution in [0.1, 0.15) is 0 Å². The van der Waals surface area contributed by atoms with Crippen LogP contribution in [0.3, 0.4) is 0 Å². The summed E-state index contributed by atoms with van der Waals surface area (Å²) in [5, 5.41) is 0. The smallest absolute Gasteiger partial charge is 0.231 e. The lowest BCUT2D eigenvalue weighted by molar-refractivity contribution is 0.0778. The minimum Gasteiger partial charge on any atom is -0.454 e. The van der Waals surface area contributed by atoms with Crippen LogP contribution in [0.2, 0.25) is 0 Å². The summed E-state index contributed by atoms with van der Waals surface area (Å²) in [6.45, 7) is 7.40. The first-order valence-corrected chi connectivity index (χ1v) is 3.30. The molecule has 0 amide bonds. The second-order valence-corrected chi connectivity index (χ2v) is 1.93. The molecule has 0 N–H and O–H groups in total. The molecule has 0 aromatic carbocycles. The van der Waals surface area contributed by atoms with Gasteiger partial charge in [0.25, 0.3) is 0 Å². The van der Waals surface area contributed by atoms with E-state index in [4.69, 9.17) is 9.47 Å². The van der Waals surface area contributed by atoms with Crippen molar-refractivity contribution < 1.29 is 9.47 Å². The van der Waals surface area contributed by atoms with Gasteiger partial charge in [-0.3, -0.25) is 0 Å². The van der Waals surface area contributed by atoms with Gasteiger partial charge in [-0.15, -0.1) is 0 Å². The second-order valence-electron chi connectivity index (χ2n) is 1.93. The highest BCUT2D eigenvalue weighted by Crippen LogP contribution is 2.17. The molecule has 0 fully saturated rings. The van der Waals surface area contributed by atoms with Gasteiger partial charge in [0, 0.05) is 0 Å². The number of hydrogen-bond acceptors (Lipinski definition) is 2. The summed E-state index contributed by atoms with van der Waals surface area (Å²) < 4.78 is 10.2. The number of rotatable bonds is 3. The summed E-state index contributed by atoms with van der Waals surface area (Å²) in [4.78, 5) is 0. The first kappa shape index (κ1) is 7.66. The average molecular weight is 150 g/mol. The lowest BCUT2D eigenvalue weighted by Gasteiger charge is -1.90. The highest BCUT2D eigenvalue weighted by Gasteiger charge is 2.10. The van der Waals surface area contributed by atoms with Gasteiger partial charge in [0.1, 0.15) is 0 Å². The molecule has 1 aliphatic rings. The topological polar surface area (TPSA) is 18.5 Å². The highest BCUT2D eigenvalue weighted by atomic mass is 16.7. The van der Waals surface area contributed by atoms with Gasteiger partial charge in [-0.05, 0) is 12.2 Å². The van der Waals surface area contributed by atoms with Crippen molar-refractivity contribution in [1.82, 2.24) is 0 Å². The zero-order valence-electron chi connectivity index (χ0n) is 6.25. The minimum absolute atomic E-state index is 0.276. The first-order valence-electron chi connectivity index (χ1n) is 3.30. The molecule has 0 saturated heterocycles. The molecule has 0 aliphatic carbocycles. The standard InChI is InChI=1S/C9H10O2/c1-3-5-6-9-8(4-2)10-7-11-9/h3-6H,1-2,7H2/b6-5-. The number of allylic oxidation sites excluding steroid dienone is 4. The molecule has 0 aromatic heterocycles. The molecule has 1 aliphatic heterocycles. The zero-order chi connectivity index (χ0) is 8.10. The van der Waals surface area contributed by atoms with Crippen molar-refractivity contribution in [3.63, 3.8) is 0 Å². The van der Waals surface area contributed by atoms with Crippen molar-refractivity contribution in [2.45, 2.75) is 0 Å². The van der Waals surface area contributed by atoms with Crippen LogP contribution < -0.4 is 0 Å². The summed E-state index contributed by atoms with van der Waals surface area (Å²) >= 11 is 0. The van der Waals surface area contributed by atoms with Gasteiger partial charge in [-0.1, -0.05) is 25.3 Å². The normalized spacial score (nSPS) is 16.4. The molecule has 0 bridgehead atoms. The summed E-state index contributed by atoms with van der Waals surface area (Å²) in [7, 11) is 0. The highest BCUT2D eigenvalue weighted by molar-refractivity contribution is 5.26. The maximum Gasteiger partial charge on any atom is 0.231 e. The predicted octanol–water partition coefficient (Wildman–Crippen LogP) is 2.13. The van der Waals surface area contributed by atoms with Crippen LogP contribution in [0.15, 0.2) is 49.0 Å². The van der Waals surface area contributed by atoms with E-state index in [1.807, 2.05) is 0 Å². The maximum absolute atomic E-state index is 5.11. The monoisotopic (exact) mass is 150 g/mol. The van der Waals surface area contributed by atoms with E-state index in [1.54, 1.807) is 24.3 Å². The molecular formula is C9H10O2. The molecule has 0 unspecified atom stereocenters. The van der Waals surface area contributed by atoms with Crippen LogP contribution in [-0.4, -0.2) is 6.79 Å². The molecule has 11 heavy (non-hydrogen) atoms. The molecule has 0 radical (unpaired) electrons. The Morgan fingerprint density at radius 2 is 1.91 bits per heavy atom. The maximum atomic E-state index is 5.11. The summed E-state index contributed by atoms with van der Waals surface area (Å²) in [6, 6.07) is 0. The summed E-state index contributed by atoms with van der Waals surface area (Å²) in [5.74, 6) is 1.39. The Kier molecular flexibility index (Phi) is 2.55. The van der Waals surface area contributed by atoms with Gasteiger partial charge in [-0.2, -0.15) is 0 Å². The van der Waals surface area contributed by atoms with Crippen LogP contribution in [0.4, 0.5) is 0 Å². The first-order chi connectivity index (χ1) is 5.38. The Morgan fingerprint density at radius 3 is 2.55 bits per heavy atom.